The number of aliphatic hydroxyl groups is 1. The van der Waals surface area contributed by atoms with Gasteiger partial charge in [0.2, 0.25) is 0 Å². The number of nitrogens with zero attached hydrogens (tertiary/aromatic N) is 2. The van der Waals surface area contributed by atoms with Crippen molar-refractivity contribution in [3.8, 4) is 0 Å². The van der Waals surface area contributed by atoms with E-state index in [1.54, 1.807) is 6.92 Å². The Labute approximate surface area is 124 Å². The van der Waals surface area contributed by atoms with E-state index in [1.165, 1.54) is 12.1 Å². The molecule has 2 atom stereocenters. The molecule has 0 spiro atoms. The van der Waals surface area contributed by atoms with E-state index >= 15 is 0 Å². The van der Waals surface area contributed by atoms with Gasteiger partial charge in [0.25, 0.3) is 5.72 Å². The number of fused-ring (bicyclic) bond motifs is 1. The number of hydrazone groups is 1. The van der Waals surface area contributed by atoms with Gasteiger partial charge in [-0.2, -0.15) is 23.3 Å². The molecule has 3 rings (SSSR count). The van der Waals surface area contributed by atoms with E-state index in [0.29, 0.717) is 25.0 Å². The predicted molar refractivity (Wildman–Crippen MR) is 70.0 cm³/mol. The Kier molecular flexibility index (Phi) is 3.32. The number of halogens is 3. The summed E-state index contributed by atoms with van der Waals surface area (Å²) in [6.45, 7) is 1.57. The first-order valence-electron chi connectivity index (χ1n) is 7.02. The fourth-order valence-corrected chi connectivity index (χ4v) is 3.07. The van der Waals surface area contributed by atoms with Gasteiger partial charge in [-0.05, 0) is 38.3 Å². The van der Waals surface area contributed by atoms with Crippen LogP contribution in [0.4, 0.5) is 13.2 Å². The van der Waals surface area contributed by atoms with Crippen LogP contribution in [0.15, 0.2) is 21.7 Å². The Balaban J connectivity index is 2.03. The lowest BCUT2D eigenvalue weighted by atomic mass is 9.80. The SMILES string of the molecule is Cc1ccc(C(=O)N2N=C3CCCC[C@@H]3[C@]2(O)C(F)(F)F)o1. The van der Waals surface area contributed by atoms with Crippen molar-refractivity contribution in [2.24, 2.45) is 11.0 Å². The molecule has 2 heterocycles. The molecule has 0 aromatic carbocycles. The van der Waals surface area contributed by atoms with Crippen LogP contribution in [0.3, 0.4) is 0 Å². The van der Waals surface area contributed by atoms with Gasteiger partial charge in [0.15, 0.2) is 5.76 Å². The van der Waals surface area contributed by atoms with Crippen molar-refractivity contribution >= 4 is 11.6 Å². The topological polar surface area (TPSA) is 66.0 Å². The van der Waals surface area contributed by atoms with Gasteiger partial charge in [-0.15, -0.1) is 0 Å². The Morgan fingerprint density at radius 3 is 2.77 bits per heavy atom. The van der Waals surface area contributed by atoms with Crippen LogP contribution in [0.25, 0.3) is 0 Å². The largest absolute Gasteiger partial charge is 0.456 e. The number of rotatable bonds is 1. The molecule has 8 heteroatoms. The molecule has 120 valence electrons. The van der Waals surface area contributed by atoms with E-state index in [-0.39, 0.29) is 22.9 Å². The number of hydrogen-bond donors (Lipinski definition) is 1. The van der Waals surface area contributed by atoms with Gasteiger partial charge < -0.3 is 9.52 Å². The third-order valence-corrected chi connectivity index (χ3v) is 4.18. The van der Waals surface area contributed by atoms with Crippen molar-refractivity contribution in [3.63, 3.8) is 0 Å². The van der Waals surface area contributed by atoms with E-state index in [0.717, 1.165) is 0 Å². The summed E-state index contributed by atoms with van der Waals surface area (Å²) < 4.78 is 45.6. The summed E-state index contributed by atoms with van der Waals surface area (Å²) in [6.07, 6.45) is -3.24. The predicted octanol–water partition coefficient (Wildman–Crippen LogP) is 2.84. The molecule has 1 fully saturated rings. The molecule has 0 saturated heterocycles. The first kappa shape index (κ1) is 15.1. The van der Waals surface area contributed by atoms with Crippen molar-refractivity contribution < 1.29 is 27.5 Å². The third kappa shape index (κ3) is 2.05. The van der Waals surface area contributed by atoms with Crippen LogP contribution in [0.2, 0.25) is 0 Å². The van der Waals surface area contributed by atoms with Gasteiger partial charge in [-0.3, -0.25) is 4.79 Å². The lowest BCUT2D eigenvalue weighted by Gasteiger charge is -2.37. The molecule has 5 nitrogen and oxygen atoms in total. The fraction of sp³-hybridized carbons (Fsp3) is 0.571. The minimum Gasteiger partial charge on any atom is -0.456 e. The maximum atomic E-state index is 13.5. The van der Waals surface area contributed by atoms with E-state index in [9.17, 15) is 23.1 Å². The molecule has 1 aromatic rings. The molecule has 1 aliphatic carbocycles. The molecule has 2 aliphatic rings. The summed E-state index contributed by atoms with van der Waals surface area (Å²) in [4.78, 5) is 12.3. The molecule has 1 aromatic heterocycles. The number of carbonyl (C=O) groups is 1. The summed E-state index contributed by atoms with van der Waals surface area (Å²) in [7, 11) is 0. The van der Waals surface area contributed by atoms with Crippen molar-refractivity contribution in [2.45, 2.75) is 44.5 Å². The molecule has 0 unspecified atom stereocenters. The highest BCUT2D eigenvalue weighted by atomic mass is 19.4. The standard InChI is InChI=1S/C14H15F3N2O3/c1-8-6-7-11(22-8)12(20)19-13(21,14(15,16)17)9-4-2-3-5-10(9)18-19/h6-7,9,21H,2-5H2,1H3/t9-,13-/m0/s1. The van der Waals surface area contributed by atoms with Gasteiger partial charge in [0, 0.05) is 5.71 Å². The molecular weight excluding hydrogens is 301 g/mol. The number of carbonyl (C=O) groups excluding carboxylic acids is 1. The summed E-state index contributed by atoms with van der Waals surface area (Å²) in [6, 6.07) is 2.74. The second kappa shape index (κ2) is 4.84. The number of furan rings is 1. The second-order valence-electron chi connectivity index (χ2n) is 5.64. The highest BCUT2D eigenvalue weighted by molar-refractivity contribution is 5.98. The van der Waals surface area contributed by atoms with Gasteiger partial charge in [-0.1, -0.05) is 6.42 Å². The van der Waals surface area contributed by atoms with E-state index in [2.05, 4.69) is 5.10 Å². The summed E-state index contributed by atoms with van der Waals surface area (Å²) in [5.41, 5.74) is -3.08. The first-order chi connectivity index (χ1) is 10.2. The molecule has 1 saturated carbocycles. The Hall–Kier alpha value is -1.83. The minimum absolute atomic E-state index is 0.149. The molecule has 22 heavy (non-hydrogen) atoms. The van der Waals surface area contributed by atoms with Crippen molar-refractivity contribution in [1.29, 1.82) is 0 Å². The van der Waals surface area contributed by atoms with Crippen molar-refractivity contribution in [1.82, 2.24) is 5.01 Å². The Bertz CT molecular complexity index is 638. The lowest BCUT2D eigenvalue weighted by Crippen LogP contribution is -2.61. The first-order valence-corrected chi connectivity index (χ1v) is 7.02. The lowest BCUT2D eigenvalue weighted by molar-refractivity contribution is -0.312. The quantitative estimate of drug-likeness (QED) is 0.866. The monoisotopic (exact) mass is 316 g/mol. The zero-order valence-electron chi connectivity index (χ0n) is 11.9. The Morgan fingerprint density at radius 1 is 1.45 bits per heavy atom. The zero-order valence-corrected chi connectivity index (χ0v) is 11.9. The third-order valence-electron chi connectivity index (χ3n) is 4.18. The zero-order chi connectivity index (χ0) is 16.1. The highest BCUT2D eigenvalue weighted by Crippen LogP contribution is 2.48. The maximum Gasteiger partial charge on any atom is 0.439 e. The van der Waals surface area contributed by atoms with Crippen molar-refractivity contribution in [3.05, 3.63) is 23.7 Å². The number of hydrogen-bond acceptors (Lipinski definition) is 4. The maximum absolute atomic E-state index is 13.5. The Morgan fingerprint density at radius 2 is 2.18 bits per heavy atom. The van der Waals surface area contributed by atoms with Gasteiger partial charge >= 0.3 is 12.1 Å². The normalized spacial score (nSPS) is 28.5. The van der Waals surface area contributed by atoms with Crippen LogP contribution in [0, 0.1) is 12.8 Å². The van der Waals surface area contributed by atoms with Gasteiger partial charge in [0.1, 0.15) is 5.76 Å². The summed E-state index contributed by atoms with van der Waals surface area (Å²) >= 11 is 0. The summed E-state index contributed by atoms with van der Waals surface area (Å²) in [5.74, 6) is -2.18. The van der Waals surface area contributed by atoms with Gasteiger partial charge in [0.05, 0.1) is 5.92 Å². The van der Waals surface area contributed by atoms with Crippen molar-refractivity contribution in [2.75, 3.05) is 0 Å². The average molecular weight is 316 g/mol. The molecule has 0 radical (unpaired) electrons. The second-order valence-corrected chi connectivity index (χ2v) is 5.64. The molecule has 1 aliphatic heterocycles. The molecule has 1 N–H and O–H groups in total. The highest BCUT2D eigenvalue weighted by Gasteiger charge is 2.68. The number of alkyl halides is 3. The number of aryl methyl sites for hydroxylation is 1. The smallest absolute Gasteiger partial charge is 0.439 e. The van der Waals surface area contributed by atoms with Crippen LogP contribution in [-0.2, 0) is 0 Å². The van der Waals surface area contributed by atoms with E-state index in [4.69, 9.17) is 4.42 Å². The molecule has 0 bridgehead atoms. The molecular formula is C14H15F3N2O3. The minimum atomic E-state index is -5.00. The van der Waals surface area contributed by atoms with E-state index < -0.39 is 23.7 Å². The van der Waals surface area contributed by atoms with Crippen LogP contribution in [0.5, 0.6) is 0 Å². The number of amides is 1. The van der Waals surface area contributed by atoms with Crippen LogP contribution in [-0.4, -0.2) is 33.6 Å². The van der Waals surface area contributed by atoms with Crippen LogP contribution < -0.4 is 0 Å². The summed E-state index contributed by atoms with van der Waals surface area (Å²) in [5, 5.41) is 14.3. The van der Waals surface area contributed by atoms with Crippen LogP contribution in [0.1, 0.15) is 42.0 Å². The van der Waals surface area contributed by atoms with Gasteiger partial charge in [-0.25, -0.2) is 0 Å². The van der Waals surface area contributed by atoms with Crippen LogP contribution >= 0.6 is 0 Å². The fourth-order valence-electron chi connectivity index (χ4n) is 3.07. The van der Waals surface area contributed by atoms with E-state index in [1.807, 2.05) is 0 Å². The molecule has 1 amide bonds. The average Bonchev–Trinajstić information content (AvgIpc) is 3.01.